The number of hydrogen-bond acceptors (Lipinski definition) is 8. The summed E-state index contributed by atoms with van der Waals surface area (Å²) in [6.07, 6.45) is 2.96. The normalized spacial score (nSPS) is 26.2. The first-order valence-corrected chi connectivity index (χ1v) is 12.9. The summed E-state index contributed by atoms with van der Waals surface area (Å²) in [5.74, 6) is 1.20. The van der Waals surface area contributed by atoms with Gasteiger partial charge in [0.1, 0.15) is 34.3 Å². The molecule has 4 atom stereocenters. The van der Waals surface area contributed by atoms with Crippen LogP contribution in [-0.2, 0) is 10.5 Å². The minimum Gasteiger partial charge on any atom is -0.472 e. The van der Waals surface area contributed by atoms with E-state index in [1.54, 1.807) is 11.8 Å². The number of amides is 1. The summed E-state index contributed by atoms with van der Waals surface area (Å²) < 4.78 is 27.0. The minimum atomic E-state index is -0.675. The highest BCUT2D eigenvalue weighted by Crippen LogP contribution is 2.45. The van der Waals surface area contributed by atoms with Gasteiger partial charge in [-0.1, -0.05) is 11.6 Å². The molecule has 3 aliphatic heterocycles. The second-order valence-corrected chi connectivity index (χ2v) is 11.0. The number of fused-ring (bicyclic) bond motifs is 5. The van der Waals surface area contributed by atoms with E-state index in [0.717, 1.165) is 12.8 Å². The summed E-state index contributed by atoms with van der Waals surface area (Å²) in [6.45, 7) is 8.09. The first kappa shape index (κ1) is 22.7. The molecule has 2 aromatic rings. The van der Waals surface area contributed by atoms with E-state index in [-0.39, 0.29) is 46.9 Å². The van der Waals surface area contributed by atoms with Gasteiger partial charge >= 0.3 is 6.09 Å². The number of pyridine rings is 1. The van der Waals surface area contributed by atoms with Crippen molar-refractivity contribution in [3.63, 3.8) is 0 Å². The van der Waals surface area contributed by atoms with Crippen LogP contribution in [0.1, 0.15) is 46.4 Å². The van der Waals surface area contributed by atoms with Crippen LogP contribution >= 0.6 is 23.4 Å². The van der Waals surface area contributed by atoms with Crippen molar-refractivity contribution in [2.45, 2.75) is 76.1 Å². The molecule has 5 heterocycles. The molecule has 178 valence electrons. The van der Waals surface area contributed by atoms with Gasteiger partial charge in [0.2, 0.25) is 5.88 Å². The monoisotopic (exact) mass is 495 g/mol. The SMILES string of the molecule is CSCc1nc2c3c(nc(Cl)c(F)c3n1)O[C@@H](C)[C@@H]1[C@@H]3CC[C@H](CN21)N3C(=O)OC(C)(C)C. The van der Waals surface area contributed by atoms with Gasteiger partial charge < -0.3 is 14.4 Å². The van der Waals surface area contributed by atoms with Crippen LogP contribution in [0, 0.1) is 5.82 Å². The van der Waals surface area contributed by atoms with E-state index in [0.29, 0.717) is 29.3 Å². The predicted molar refractivity (Wildman–Crippen MR) is 126 cm³/mol. The molecule has 0 saturated carbocycles. The van der Waals surface area contributed by atoms with Crippen LogP contribution in [0.25, 0.3) is 10.9 Å². The first-order valence-electron chi connectivity index (χ1n) is 11.1. The van der Waals surface area contributed by atoms with Crippen LogP contribution in [0.15, 0.2) is 0 Å². The van der Waals surface area contributed by atoms with Gasteiger partial charge in [0.05, 0.1) is 23.9 Å². The third-order valence-electron chi connectivity index (χ3n) is 6.38. The predicted octanol–water partition coefficient (Wildman–Crippen LogP) is 4.42. The molecule has 8 nitrogen and oxygen atoms in total. The molecular weight excluding hydrogens is 469 g/mol. The van der Waals surface area contributed by atoms with Crippen molar-refractivity contribution in [2.75, 3.05) is 17.7 Å². The summed E-state index contributed by atoms with van der Waals surface area (Å²) in [7, 11) is 0. The zero-order chi connectivity index (χ0) is 23.7. The summed E-state index contributed by atoms with van der Waals surface area (Å²) in [6, 6.07) is -0.362. The van der Waals surface area contributed by atoms with Gasteiger partial charge in [-0.2, -0.15) is 16.7 Å². The molecule has 11 heteroatoms. The lowest BCUT2D eigenvalue weighted by Gasteiger charge is -2.48. The molecule has 2 aromatic heterocycles. The molecule has 2 saturated heterocycles. The van der Waals surface area contributed by atoms with E-state index in [9.17, 15) is 4.79 Å². The van der Waals surface area contributed by atoms with Gasteiger partial charge in [-0.05, 0) is 46.8 Å². The second kappa shape index (κ2) is 8.01. The summed E-state index contributed by atoms with van der Waals surface area (Å²) in [4.78, 5) is 30.6. The highest BCUT2D eigenvalue weighted by molar-refractivity contribution is 7.97. The quantitative estimate of drug-likeness (QED) is 0.566. The maximum absolute atomic E-state index is 15.0. The number of anilines is 1. The topological polar surface area (TPSA) is 80.7 Å². The molecule has 5 rings (SSSR count). The molecule has 0 spiro atoms. The van der Waals surface area contributed by atoms with Gasteiger partial charge in [0.25, 0.3) is 0 Å². The van der Waals surface area contributed by atoms with E-state index in [2.05, 4.69) is 14.9 Å². The Labute approximate surface area is 201 Å². The lowest BCUT2D eigenvalue weighted by atomic mass is 9.98. The van der Waals surface area contributed by atoms with Crippen LogP contribution in [0.2, 0.25) is 5.15 Å². The maximum atomic E-state index is 15.0. The Bertz CT molecular complexity index is 1130. The molecule has 3 aliphatic rings. The summed E-state index contributed by atoms with van der Waals surface area (Å²) in [5.41, 5.74) is -0.465. The number of aromatic nitrogens is 3. The Balaban J connectivity index is 1.64. The number of nitrogens with zero attached hydrogens (tertiary/aromatic N) is 5. The number of piperazine rings is 1. The molecule has 0 unspecified atom stereocenters. The summed E-state index contributed by atoms with van der Waals surface area (Å²) in [5, 5.41) is 0.155. The molecule has 1 amide bonds. The minimum absolute atomic E-state index is 0.0334. The smallest absolute Gasteiger partial charge is 0.410 e. The Morgan fingerprint density at radius 2 is 2.06 bits per heavy atom. The van der Waals surface area contributed by atoms with Gasteiger partial charge in [-0.15, -0.1) is 0 Å². The van der Waals surface area contributed by atoms with Crippen molar-refractivity contribution in [2.24, 2.45) is 0 Å². The lowest BCUT2D eigenvalue weighted by Crippen LogP contribution is -2.65. The third-order valence-corrected chi connectivity index (χ3v) is 7.17. The molecule has 0 N–H and O–H groups in total. The average Bonchev–Trinajstić information content (AvgIpc) is 2.97. The van der Waals surface area contributed by atoms with Crippen LogP contribution in [0.3, 0.4) is 0 Å². The van der Waals surface area contributed by atoms with Gasteiger partial charge in [0, 0.05) is 6.54 Å². The lowest BCUT2D eigenvalue weighted by molar-refractivity contribution is 0.000954. The van der Waals surface area contributed by atoms with Crippen LogP contribution < -0.4 is 9.64 Å². The Morgan fingerprint density at radius 1 is 1.30 bits per heavy atom. The number of carbonyl (C=O) groups is 1. The Kier molecular flexibility index (Phi) is 5.51. The average molecular weight is 496 g/mol. The van der Waals surface area contributed by atoms with Crippen molar-refractivity contribution in [1.29, 1.82) is 0 Å². The van der Waals surface area contributed by atoms with E-state index in [1.165, 1.54) is 0 Å². The fourth-order valence-electron chi connectivity index (χ4n) is 5.25. The van der Waals surface area contributed by atoms with Crippen LogP contribution in [0.4, 0.5) is 15.0 Å². The number of hydrogen-bond donors (Lipinski definition) is 0. The second-order valence-electron chi connectivity index (χ2n) is 9.79. The molecule has 0 radical (unpaired) electrons. The number of ether oxygens (including phenoxy) is 2. The van der Waals surface area contributed by atoms with Crippen LogP contribution in [-0.4, -0.2) is 68.6 Å². The zero-order valence-electron chi connectivity index (χ0n) is 19.3. The molecule has 2 fully saturated rings. The fraction of sp³-hybridized carbons (Fsp3) is 0.636. The zero-order valence-corrected chi connectivity index (χ0v) is 20.8. The van der Waals surface area contributed by atoms with Gasteiger partial charge in [-0.25, -0.2) is 19.2 Å². The molecule has 2 bridgehead atoms. The highest BCUT2D eigenvalue weighted by Gasteiger charge is 2.53. The Morgan fingerprint density at radius 3 is 2.76 bits per heavy atom. The molecular formula is C22H27ClFN5O3S. The Hall–Kier alpha value is -2.07. The van der Waals surface area contributed by atoms with E-state index in [4.69, 9.17) is 26.1 Å². The summed E-state index contributed by atoms with van der Waals surface area (Å²) >= 11 is 7.66. The van der Waals surface area contributed by atoms with Crippen molar-refractivity contribution in [3.8, 4) is 5.88 Å². The van der Waals surface area contributed by atoms with Crippen molar-refractivity contribution in [3.05, 3.63) is 16.8 Å². The van der Waals surface area contributed by atoms with Crippen molar-refractivity contribution in [1.82, 2.24) is 19.9 Å². The number of halogens is 2. The van der Waals surface area contributed by atoms with Gasteiger partial charge in [0.15, 0.2) is 11.0 Å². The number of rotatable bonds is 2. The number of carbonyl (C=O) groups excluding carboxylic acids is 1. The molecule has 33 heavy (non-hydrogen) atoms. The number of thioether (sulfide) groups is 1. The first-order chi connectivity index (χ1) is 15.6. The molecule has 0 aromatic carbocycles. The van der Waals surface area contributed by atoms with E-state index < -0.39 is 11.4 Å². The van der Waals surface area contributed by atoms with Crippen molar-refractivity contribution >= 4 is 46.2 Å². The highest BCUT2D eigenvalue weighted by atomic mass is 35.5. The van der Waals surface area contributed by atoms with E-state index >= 15 is 4.39 Å². The van der Waals surface area contributed by atoms with E-state index in [1.807, 2.05) is 38.9 Å². The largest absolute Gasteiger partial charge is 0.472 e. The van der Waals surface area contributed by atoms with Gasteiger partial charge in [-0.3, -0.25) is 4.90 Å². The standard InChI is InChI=1S/C22H27ClFN5O3S/c1-10-17-12-7-6-11(29(12)21(30)32-22(2,3)4)8-28(17)19-14-16(25-13(26-19)9-33-5)15(24)18(23)27-20(14)31-10/h10-12,17H,6-9H2,1-5H3/t10-,11+,12-,17+/m0/s1. The fourth-order valence-corrected chi connectivity index (χ4v) is 5.80. The molecule has 0 aliphatic carbocycles. The van der Waals surface area contributed by atoms with Crippen LogP contribution in [0.5, 0.6) is 5.88 Å². The maximum Gasteiger partial charge on any atom is 0.410 e. The third kappa shape index (κ3) is 3.75. The van der Waals surface area contributed by atoms with Crippen molar-refractivity contribution < 1.29 is 18.7 Å².